The van der Waals surface area contributed by atoms with Crippen LogP contribution in [0.4, 0.5) is 11.4 Å². The van der Waals surface area contributed by atoms with Crippen molar-refractivity contribution in [1.29, 1.82) is 0 Å². The molecule has 0 bridgehead atoms. The van der Waals surface area contributed by atoms with Gasteiger partial charge in [-0.3, -0.25) is 9.59 Å². The van der Waals surface area contributed by atoms with E-state index < -0.39 is 17.8 Å². The molecule has 0 atom stereocenters. The third-order valence-electron chi connectivity index (χ3n) is 2.21. The van der Waals surface area contributed by atoms with Crippen LogP contribution in [0.3, 0.4) is 0 Å². The van der Waals surface area contributed by atoms with Gasteiger partial charge in [-0.1, -0.05) is 6.07 Å². The molecule has 0 aliphatic rings. The van der Waals surface area contributed by atoms with Gasteiger partial charge in [-0.15, -0.1) is 0 Å². The number of rotatable bonds is 3. The Hall–Kier alpha value is -2.57. The third-order valence-corrected chi connectivity index (χ3v) is 2.21. The predicted octanol–water partition coefficient (Wildman–Crippen LogP) is -0.125. The summed E-state index contributed by atoms with van der Waals surface area (Å²) in [6.07, 6.45) is 0. The molecule has 0 fully saturated rings. The second-order valence-electron chi connectivity index (χ2n) is 3.72. The Morgan fingerprint density at radius 3 is 2.33 bits per heavy atom. The number of carbonyl (C=O) groups is 3. The maximum atomic E-state index is 11.4. The zero-order valence-electron chi connectivity index (χ0n) is 9.93. The van der Waals surface area contributed by atoms with E-state index in [0.29, 0.717) is 5.69 Å². The number of carboxylic acid groups (broad SMARTS) is 1. The number of amides is 2. The zero-order valence-corrected chi connectivity index (χ0v) is 9.93. The highest BCUT2D eigenvalue weighted by molar-refractivity contribution is 6.37. The molecule has 0 saturated carbocycles. The van der Waals surface area contributed by atoms with Crippen LogP contribution in [0.2, 0.25) is 0 Å². The van der Waals surface area contributed by atoms with Gasteiger partial charge in [0.25, 0.3) is 5.91 Å². The van der Waals surface area contributed by atoms with E-state index in [1.165, 1.54) is 6.07 Å². The second kappa shape index (κ2) is 5.17. The van der Waals surface area contributed by atoms with Gasteiger partial charge in [0.2, 0.25) is 0 Å². The van der Waals surface area contributed by atoms with Gasteiger partial charge >= 0.3 is 11.9 Å². The highest BCUT2D eigenvalue weighted by atomic mass is 16.4. The van der Waals surface area contributed by atoms with E-state index in [0.717, 1.165) is 0 Å². The van der Waals surface area contributed by atoms with Crippen LogP contribution in [-0.2, 0) is 9.59 Å². The standard InChI is InChI=1S/C11H13N3O4/c1-14(2)7-5-3-4-6(8(7)9(12)15)13-10(16)11(17)18/h3-5H,1-2H3,(H2,12,15)(H,13,16)(H,17,18). The fourth-order valence-electron chi connectivity index (χ4n) is 1.45. The number of nitrogens with zero attached hydrogens (tertiary/aromatic N) is 1. The maximum Gasteiger partial charge on any atom is 0.394 e. The van der Waals surface area contributed by atoms with Crippen molar-refractivity contribution in [2.24, 2.45) is 5.73 Å². The minimum atomic E-state index is -1.64. The lowest BCUT2D eigenvalue weighted by atomic mass is 10.1. The van der Waals surface area contributed by atoms with Crippen molar-refractivity contribution in [3.05, 3.63) is 23.8 Å². The second-order valence-corrected chi connectivity index (χ2v) is 3.72. The Labute approximate surface area is 103 Å². The first-order valence-electron chi connectivity index (χ1n) is 4.99. The van der Waals surface area contributed by atoms with Gasteiger partial charge in [-0.05, 0) is 12.1 Å². The van der Waals surface area contributed by atoms with Gasteiger partial charge in [-0.25, -0.2) is 4.79 Å². The molecule has 0 unspecified atom stereocenters. The summed E-state index contributed by atoms with van der Waals surface area (Å²) in [5.41, 5.74) is 5.87. The zero-order chi connectivity index (χ0) is 13.9. The molecular formula is C11H13N3O4. The summed E-state index contributed by atoms with van der Waals surface area (Å²) in [4.78, 5) is 34.6. The van der Waals surface area contributed by atoms with Gasteiger partial charge in [0.05, 0.1) is 16.9 Å². The van der Waals surface area contributed by atoms with Crippen LogP contribution < -0.4 is 16.0 Å². The van der Waals surface area contributed by atoms with E-state index in [4.69, 9.17) is 10.8 Å². The number of hydrogen-bond donors (Lipinski definition) is 3. The lowest BCUT2D eigenvalue weighted by Crippen LogP contribution is -2.26. The summed E-state index contributed by atoms with van der Waals surface area (Å²) in [5, 5.41) is 10.6. The molecule has 4 N–H and O–H groups in total. The molecule has 96 valence electrons. The lowest BCUT2D eigenvalue weighted by Gasteiger charge is -2.18. The lowest BCUT2D eigenvalue weighted by molar-refractivity contribution is -0.147. The topological polar surface area (TPSA) is 113 Å². The van der Waals surface area contributed by atoms with Crippen LogP contribution in [0, 0.1) is 0 Å². The van der Waals surface area contributed by atoms with Gasteiger partial charge in [0.15, 0.2) is 0 Å². The minimum Gasteiger partial charge on any atom is -0.474 e. The van der Waals surface area contributed by atoms with Crippen LogP contribution in [0.25, 0.3) is 0 Å². The van der Waals surface area contributed by atoms with Crippen molar-refractivity contribution in [2.45, 2.75) is 0 Å². The molecular weight excluding hydrogens is 238 g/mol. The molecule has 0 spiro atoms. The molecule has 0 aliphatic carbocycles. The molecule has 7 heteroatoms. The summed E-state index contributed by atoms with van der Waals surface area (Å²) in [6, 6.07) is 4.63. The number of aliphatic carboxylic acids is 1. The van der Waals surface area contributed by atoms with Crippen LogP contribution in [0.1, 0.15) is 10.4 Å². The van der Waals surface area contributed by atoms with Crippen molar-refractivity contribution < 1.29 is 19.5 Å². The average molecular weight is 251 g/mol. The number of hydrogen-bond acceptors (Lipinski definition) is 4. The van der Waals surface area contributed by atoms with Crippen LogP contribution in [0.5, 0.6) is 0 Å². The molecule has 1 rings (SSSR count). The number of carbonyl (C=O) groups excluding carboxylic acids is 2. The van der Waals surface area contributed by atoms with Crippen LogP contribution in [0.15, 0.2) is 18.2 Å². The maximum absolute atomic E-state index is 11.4. The van der Waals surface area contributed by atoms with E-state index in [-0.39, 0.29) is 11.3 Å². The van der Waals surface area contributed by atoms with Gasteiger partial charge in [0.1, 0.15) is 0 Å². The number of nitrogens with two attached hydrogens (primary N) is 1. The summed E-state index contributed by atoms with van der Waals surface area (Å²) >= 11 is 0. The number of carboxylic acids is 1. The summed E-state index contributed by atoms with van der Waals surface area (Å²) in [5.74, 6) is -3.62. The van der Waals surface area contributed by atoms with Crippen LogP contribution >= 0.6 is 0 Å². The smallest absolute Gasteiger partial charge is 0.394 e. The number of nitrogens with one attached hydrogen (secondary N) is 1. The summed E-state index contributed by atoms with van der Waals surface area (Å²) in [7, 11) is 3.40. The van der Waals surface area contributed by atoms with E-state index in [9.17, 15) is 14.4 Å². The summed E-state index contributed by atoms with van der Waals surface area (Å²) < 4.78 is 0. The Morgan fingerprint density at radius 2 is 1.89 bits per heavy atom. The fraction of sp³-hybridized carbons (Fsp3) is 0.182. The van der Waals surface area contributed by atoms with Gasteiger partial charge < -0.3 is 21.1 Å². The molecule has 0 radical (unpaired) electrons. The fourth-order valence-corrected chi connectivity index (χ4v) is 1.45. The van der Waals surface area contributed by atoms with Crippen molar-refractivity contribution in [3.8, 4) is 0 Å². The highest BCUT2D eigenvalue weighted by Gasteiger charge is 2.19. The van der Waals surface area contributed by atoms with E-state index in [2.05, 4.69) is 5.32 Å². The van der Waals surface area contributed by atoms with E-state index >= 15 is 0 Å². The molecule has 0 saturated heterocycles. The predicted molar refractivity (Wildman–Crippen MR) is 65.6 cm³/mol. The van der Waals surface area contributed by atoms with Gasteiger partial charge in [-0.2, -0.15) is 0 Å². The molecule has 2 amide bonds. The quantitative estimate of drug-likeness (QED) is 0.648. The van der Waals surface area contributed by atoms with Crippen LogP contribution in [-0.4, -0.2) is 37.0 Å². The molecule has 0 aromatic heterocycles. The Bertz CT molecular complexity index is 511. The largest absolute Gasteiger partial charge is 0.474 e. The SMILES string of the molecule is CN(C)c1cccc(NC(=O)C(=O)O)c1C(N)=O. The number of benzene rings is 1. The third kappa shape index (κ3) is 2.76. The van der Waals surface area contributed by atoms with Crippen molar-refractivity contribution in [1.82, 2.24) is 0 Å². The molecule has 1 aromatic carbocycles. The van der Waals surface area contributed by atoms with Crippen molar-refractivity contribution >= 4 is 29.2 Å². The average Bonchev–Trinajstić information content (AvgIpc) is 2.27. The first-order chi connectivity index (χ1) is 8.34. The van der Waals surface area contributed by atoms with E-state index in [1.54, 1.807) is 31.1 Å². The molecule has 0 aliphatic heterocycles. The number of anilines is 2. The Balaban J connectivity index is 3.27. The summed E-state index contributed by atoms with van der Waals surface area (Å²) in [6.45, 7) is 0. The van der Waals surface area contributed by atoms with Gasteiger partial charge in [0, 0.05) is 14.1 Å². The van der Waals surface area contributed by atoms with Crippen molar-refractivity contribution in [2.75, 3.05) is 24.3 Å². The Morgan fingerprint density at radius 1 is 1.28 bits per heavy atom. The first kappa shape index (κ1) is 13.5. The first-order valence-corrected chi connectivity index (χ1v) is 4.99. The van der Waals surface area contributed by atoms with E-state index in [1.807, 2.05) is 0 Å². The molecule has 7 nitrogen and oxygen atoms in total. The highest BCUT2D eigenvalue weighted by Crippen LogP contribution is 2.25. The molecule has 18 heavy (non-hydrogen) atoms. The monoisotopic (exact) mass is 251 g/mol. The Kier molecular flexibility index (Phi) is 3.88. The van der Waals surface area contributed by atoms with Crippen molar-refractivity contribution in [3.63, 3.8) is 0 Å². The number of primary amides is 1. The normalized spacial score (nSPS) is 9.67. The molecule has 0 heterocycles. The molecule has 1 aromatic rings. The minimum absolute atomic E-state index is 0.0668.